The third-order valence-corrected chi connectivity index (χ3v) is 7.45. The number of amides is 1. The van der Waals surface area contributed by atoms with Crippen LogP contribution in [0.15, 0.2) is 60.8 Å². The summed E-state index contributed by atoms with van der Waals surface area (Å²) in [4.78, 5) is 38.9. The minimum absolute atomic E-state index is 0. The van der Waals surface area contributed by atoms with Crippen LogP contribution >= 0.6 is 7.82 Å². The van der Waals surface area contributed by atoms with Crippen molar-refractivity contribution < 1.29 is 28.4 Å². The summed E-state index contributed by atoms with van der Waals surface area (Å²) >= 11 is 0. The van der Waals surface area contributed by atoms with E-state index < -0.39 is 20.5 Å². The number of pyridine rings is 1. The molecule has 2 aromatic rings. The molecule has 2 rings (SSSR count). The van der Waals surface area contributed by atoms with Gasteiger partial charge in [0.15, 0.2) is 0 Å². The second-order valence-corrected chi connectivity index (χ2v) is 12.0. The van der Waals surface area contributed by atoms with Gasteiger partial charge in [-0.25, -0.2) is 0 Å². The second kappa shape index (κ2) is 25.7. The lowest BCUT2D eigenvalue weighted by atomic mass is 10.1. The van der Waals surface area contributed by atoms with E-state index in [9.17, 15) is 19.1 Å². The van der Waals surface area contributed by atoms with Crippen LogP contribution < -0.4 is 32.1 Å². The zero-order valence-electron chi connectivity index (χ0n) is 27.2. The van der Waals surface area contributed by atoms with Crippen molar-refractivity contribution in [3.63, 3.8) is 0 Å². The number of allylic oxidation sites excluding steroid dienone is 2. The molecule has 250 valence electrons. The number of ether oxygens (including phenoxy) is 1. The number of rotatable bonds is 24. The third kappa shape index (κ3) is 22.0. The molecule has 0 radical (unpaired) electrons. The molecule has 10 nitrogen and oxygen atoms in total. The molecule has 0 saturated carbocycles. The predicted octanol–water partition coefficient (Wildman–Crippen LogP) is 7.32. The lowest BCUT2D eigenvalue weighted by Crippen LogP contribution is -2.40. The molecule has 0 aliphatic carbocycles. The minimum Gasteiger partial charge on any atom is -0.790 e. The van der Waals surface area contributed by atoms with Gasteiger partial charge >= 0.3 is 0 Å². The van der Waals surface area contributed by atoms with Gasteiger partial charge < -0.3 is 41.2 Å². The quantitative estimate of drug-likeness (QED) is 0.0609. The molecule has 0 aliphatic heterocycles. The van der Waals surface area contributed by atoms with Crippen LogP contribution in [-0.2, 0) is 26.9 Å². The van der Waals surface area contributed by atoms with Crippen molar-refractivity contribution in [3.05, 3.63) is 72.1 Å². The summed E-state index contributed by atoms with van der Waals surface area (Å²) in [7, 11) is -5.15. The Morgan fingerprint density at radius 2 is 1.50 bits per heavy atom. The fourth-order valence-corrected chi connectivity index (χ4v) is 5.00. The second-order valence-electron chi connectivity index (χ2n) is 10.8. The van der Waals surface area contributed by atoms with Gasteiger partial charge in [0.2, 0.25) is 5.91 Å². The van der Waals surface area contributed by atoms with Crippen molar-refractivity contribution in [2.45, 2.75) is 116 Å². The van der Waals surface area contributed by atoms with Gasteiger partial charge in [-0.2, -0.15) is 0 Å². The number of unbranched alkanes of at least 4 members (excludes halogenated alkanes) is 11. The summed E-state index contributed by atoms with van der Waals surface area (Å²) in [5.41, 5.74) is 1.66. The van der Waals surface area contributed by atoms with Gasteiger partial charge in [-0.15, -0.1) is 0 Å². The van der Waals surface area contributed by atoms with Crippen LogP contribution in [-0.4, -0.2) is 23.5 Å². The van der Waals surface area contributed by atoms with Gasteiger partial charge in [-0.05, 0) is 68.4 Å². The molecule has 0 unspecified atom stereocenters. The Labute approximate surface area is 264 Å². The van der Waals surface area contributed by atoms with Gasteiger partial charge in [0, 0.05) is 12.6 Å². The van der Waals surface area contributed by atoms with Crippen molar-refractivity contribution in [1.29, 1.82) is 0 Å². The molecule has 9 N–H and O–H groups in total. The van der Waals surface area contributed by atoms with Crippen molar-refractivity contribution in [2.75, 3.05) is 6.61 Å². The van der Waals surface area contributed by atoms with Crippen molar-refractivity contribution >= 4 is 13.7 Å². The van der Waals surface area contributed by atoms with Crippen LogP contribution in [0.3, 0.4) is 0 Å². The Balaban J connectivity index is 0.00000924. The summed E-state index contributed by atoms with van der Waals surface area (Å²) in [6.07, 6.45) is 22.4. The highest BCUT2D eigenvalue weighted by atomic mass is 31.2. The number of nitrogens with zero attached hydrogens (tertiary/aromatic N) is 1. The normalized spacial score (nSPS) is 11.9. The topological polar surface area (TPSA) is 197 Å². The SMILES string of the molecule is CCCCCCCC/C=C\CCCCCCCC(=O)N[C@H](COP(=O)([O-])[O-])Cc1ccc(OCc2ccccn2)cc1.[NH4+].[NH4+]. The van der Waals surface area contributed by atoms with Crippen molar-refractivity contribution in [2.24, 2.45) is 0 Å². The van der Waals surface area contributed by atoms with E-state index in [0.717, 1.165) is 49.8 Å². The fourth-order valence-electron chi connectivity index (χ4n) is 4.64. The number of quaternary nitrogens is 2. The van der Waals surface area contributed by atoms with Gasteiger partial charge in [-0.3, -0.25) is 9.78 Å². The zero-order valence-corrected chi connectivity index (χ0v) is 28.1. The molecule has 0 aliphatic rings. The number of carbonyl (C=O) groups is 1. The smallest absolute Gasteiger partial charge is 0.220 e. The van der Waals surface area contributed by atoms with E-state index in [4.69, 9.17) is 4.74 Å². The number of aromatic nitrogens is 1. The van der Waals surface area contributed by atoms with Crippen molar-refractivity contribution in [1.82, 2.24) is 22.6 Å². The van der Waals surface area contributed by atoms with E-state index in [1.54, 1.807) is 18.3 Å². The summed E-state index contributed by atoms with van der Waals surface area (Å²) in [6.45, 7) is 2.18. The van der Waals surface area contributed by atoms with Gasteiger partial charge in [-0.1, -0.05) is 88.6 Å². The molecule has 0 saturated heterocycles. The monoisotopic (exact) mass is 636 g/mol. The highest BCUT2D eigenvalue weighted by Crippen LogP contribution is 2.25. The Kier molecular flexibility index (Phi) is 24.2. The Bertz CT molecular complexity index is 1050. The number of hydrogen-bond acceptors (Lipinski definition) is 7. The number of carbonyl (C=O) groups excluding carboxylic acids is 1. The molecular formula is C33H57N4O6P. The van der Waals surface area contributed by atoms with Crippen LogP contribution in [0.1, 0.15) is 108 Å². The van der Waals surface area contributed by atoms with Gasteiger partial charge in [0.1, 0.15) is 12.4 Å². The standard InChI is InChI=1S/C33H51N2O6P.2H3N/c1-2-3-4-5-6-7-8-9-10-11-12-13-14-15-16-20-33(36)35-31(28-41-42(37,38)39)26-29-21-23-32(24-22-29)40-27-30-19-17-18-25-34-30;;/h9-10,17-19,21-25,31H,2-8,11-16,20,26-28H2,1H3,(H,35,36)(H2,37,38,39);2*1H3/b10-9-;;/t31-;;/m0../s1. The molecule has 0 fully saturated rings. The molecule has 44 heavy (non-hydrogen) atoms. The largest absolute Gasteiger partial charge is 0.790 e. The predicted molar refractivity (Wildman–Crippen MR) is 176 cm³/mol. The Morgan fingerprint density at radius 3 is 2.09 bits per heavy atom. The first kappa shape index (κ1) is 41.4. The Morgan fingerprint density at radius 1 is 0.886 bits per heavy atom. The average molecular weight is 637 g/mol. The molecule has 1 amide bonds. The molecule has 1 heterocycles. The first-order valence-electron chi connectivity index (χ1n) is 15.6. The van der Waals surface area contributed by atoms with Crippen LogP contribution in [0.25, 0.3) is 0 Å². The first-order chi connectivity index (χ1) is 20.4. The number of phosphoric ester groups is 1. The summed E-state index contributed by atoms with van der Waals surface area (Å²) < 4.78 is 21.3. The van der Waals surface area contributed by atoms with Gasteiger partial charge in [0.25, 0.3) is 0 Å². The number of phosphoric acid groups is 1. The van der Waals surface area contributed by atoms with Crippen LogP contribution in [0.2, 0.25) is 0 Å². The van der Waals surface area contributed by atoms with Crippen molar-refractivity contribution in [3.8, 4) is 5.75 Å². The maximum atomic E-state index is 12.5. The van der Waals surface area contributed by atoms with E-state index in [1.807, 2.05) is 30.3 Å². The Hall–Kier alpha value is -2.59. The maximum absolute atomic E-state index is 12.5. The summed E-state index contributed by atoms with van der Waals surface area (Å²) in [6, 6.07) is 12.3. The molecule has 1 aromatic carbocycles. The zero-order chi connectivity index (χ0) is 30.3. The van der Waals surface area contributed by atoms with E-state index >= 15 is 0 Å². The molecular weight excluding hydrogens is 579 g/mol. The summed E-state index contributed by atoms with van der Waals surface area (Å²) in [5.74, 6) is 0.484. The first-order valence-corrected chi connectivity index (χ1v) is 17.0. The number of hydrogen-bond donors (Lipinski definition) is 3. The number of benzene rings is 1. The maximum Gasteiger partial charge on any atom is 0.220 e. The van der Waals surface area contributed by atoms with E-state index in [2.05, 4.69) is 33.9 Å². The van der Waals surface area contributed by atoms with E-state index in [1.165, 1.54) is 44.9 Å². The fraction of sp³-hybridized carbons (Fsp3) is 0.576. The molecule has 1 atom stereocenters. The average Bonchev–Trinajstić information content (AvgIpc) is 2.97. The highest BCUT2D eigenvalue weighted by molar-refractivity contribution is 7.43. The van der Waals surface area contributed by atoms with Crippen LogP contribution in [0.4, 0.5) is 0 Å². The van der Waals surface area contributed by atoms with Crippen LogP contribution in [0, 0.1) is 0 Å². The van der Waals surface area contributed by atoms with Gasteiger partial charge in [0.05, 0.1) is 26.2 Å². The lowest BCUT2D eigenvalue weighted by molar-refractivity contribution is -0.342. The molecule has 11 heteroatoms. The minimum atomic E-state index is -5.15. The van der Waals surface area contributed by atoms with Crippen LogP contribution in [0.5, 0.6) is 5.75 Å². The van der Waals surface area contributed by atoms with E-state index in [-0.39, 0.29) is 18.2 Å². The molecule has 1 aromatic heterocycles. The van der Waals surface area contributed by atoms with E-state index in [0.29, 0.717) is 25.2 Å². The molecule has 0 spiro atoms. The summed E-state index contributed by atoms with van der Waals surface area (Å²) in [5, 5.41) is 2.84. The third-order valence-electron chi connectivity index (χ3n) is 6.98. The lowest BCUT2D eigenvalue weighted by Gasteiger charge is -2.31. The number of nitrogens with one attached hydrogen (secondary N) is 1. The molecule has 0 bridgehead atoms. The highest BCUT2D eigenvalue weighted by Gasteiger charge is 2.15.